The monoisotopic (exact) mass is 314 g/mol. The van der Waals surface area contributed by atoms with E-state index in [1.807, 2.05) is 12.1 Å². The summed E-state index contributed by atoms with van der Waals surface area (Å²) >= 11 is 1.69. The van der Waals surface area contributed by atoms with Crippen LogP contribution < -0.4 is 14.8 Å². The molecule has 0 amide bonds. The van der Waals surface area contributed by atoms with Gasteiger partial charge in [-0.1, -0.05) is 0 Å². The molecule has 2 heterocycles. The molecule has 114 valence electrons. The van der Waals surface area contributed by atoms with Crippen molar-refractivity contribution in [1.82, 2.24) is 10.3 Å². The number of hydrogen-bond acceptors (Lipinski definition) is 5. The molecule has 5 heteroatoms. The van der Waals surface area contributed by atoms with Crippen LogP contribution in [0.25, 0.3) is 10.6 Å². The lowest BCUT2D eigenvalue weighted by molar-refractivity contribution is 0.174. The number of hydrogen-bond donors (Lipinski definition) is 1. The van der Waals surface area contributed by atoms with Gasteiger partial charge in [-0.15, -0.1) is 11.3 Å². The van der Waals surface area contributed by atoms with E-state index in [1.54, 1.807) is 11.3 Å². The van der Waals surface area contributed by atoms with Gasteiger partial charge in [0.2, 0.25) is 6.79 Å². The number of rotatable bonds is 4. The van der Waals surface area contributed by atoms with Gasteiger partial charge in [-0.2, -0.15) is 0 Å². The van der Waals surface area contributed by atoms with E-state index < -0.39 is 0 Å². The molecule has 4 nitrogen and oxygen atoms in total. The van der Waals surface area contributed by atoms with Crippen molar-refractivity contribution in [2.45, 2.75) is 31.8 Å². The Labute approximate surface area is 133 Å². The molecular weight excluding hydrogens is 296 g/mol. The summed E-state index contributed by atoms with van der Waals surface area (Å²) in [7, 11) is 0. The summed E-state index contributed by atoms with van der Waals surface area (Å²) in [5.41, 5.74) is 2.24. The van der Waals surface area contributed by atoms with Gasteiger partial charge in [-0.05, 0) is 49.3 Å². The first kappa shape index (κ1) is 12.9. The Kier molecular flexibility index (Phi) is 2.91. The van der Waals surface area contributed by atoms with Crippen molar-refractivity contribution in [2.24, 2.45) is 11.8 Å². The molecule has 0 radical (unpaired) electrons. The highest BCUT2D eigenvalue weighted by atomic mass is 32.1. The molecule has 2 aromatic rings. The molecule has 5 rings (SSSR count). The highest BCUT2D eigenvalue weighted by molar-refractivity contribution is 7.13. The molecular formula is C17H18N2O2S. The van der Waals surface area contributed by atoms with E-state index in [1.165, 1.54) is 19.3 Å². The third-order valence-electron chi connectivity index (χ3n) is 5.06. The first-order valence-corrected chi connectivity index (χ1v) is 8.82. The van der Waals surface area contributed by atoms with Crippen LogP contribution in [0.4, 0.5) is 0 Å². The van der Waals surface area contributed by atoms with Crippen molar-refractivity contribution in [3.8, 4) is 22.1 Å². The Morgan fingerprint density at radius 1 is 1.23 bits per heavy atom. The molecule has 3 aliphatic rings. The number of benzene rings is 1. The van der Waals surface area contributed by atoms with E-state index in [2.05, 4.69) is 16.8 Å². The highest BCUT2D eigenvalue weighted by Gasteiger charge is 2.47. The molecule has 0 bridgehead atoms. The fourth-order valence-electron chi connectivity index (χ4n) is 3.74. The Balaban J connectivity index is 1.29. The van der Waals surface area contributed by atoms with Crippen LogP contribution in [0.15, 0.2) is 23.6 Å². The highest BCUT2D eigenvalue weighted by Crippen LogP contribution is 2.51. The summed E-state index contributed by atoms with van der Waals surface area (Å²) in [5, 5.41) is 6.90. The van der Waals surface area contributed by atoms with Crippen LogP contribution in [0.5, 0.6) is 11.5 Å². The first-order chi connectivity index (χ1) is 10.9. The molecule has 1 aromatic carbocycles. The van der Waals surface area contributed by atoms with Crippen LogP contribution in [0, 0.1) is 11.8 Å². The van der Waals surface area contributed by atoms with Crippen LogP contribution in [0.2, 0.25) is 0 Å². The fourth-order valence-corrected chi connectivity index (χ4v) is 4.56. The van der Waals surface area contributed by atoms with Gasteiger partial charge >= 0.3 is 0 Å². The molecule has 2 saturated carbocycles. The molecule has 3 unspecified atom stereocenters. The summed E-state index contributed by atoms with van der Waals surface area (Å²) in [6.07, 6.45) is 4.20. The zero-order chi connectivity index (χ0) is 14.5. The van der Waals surface area contributed by atoms with Crippen LogP contribution >= 0.6 is 11.3 Å². The molecule has 2 aliphatic carbocycles. The smallest absolute Gasteiger partial charge is 0.231 e. The third kappa shape index (κ3) is 2.20. The lowest BCUT2D eigenvalue weighted by Crippen LogP contribution is -2.28. The molecule has 2 fully saturated rings. The normalized spacial score (nSPS) is 27.9. The van der Waals surface area contributed by atoms with Gasteiger partial charge < -0.3 is 14.8 Å². The van der Waals surface area contributed by atoms with Crippen LogP contribution in [-0.4, -0.2) is 17.8 Å². The lowest BCUT2D eigenvalue weighted by atomic mass is 10.2. The molecule has 3 atom stereocenters. The van der Waals surface area contributed by atoms with Gasteiger partial charge in [0.1, 0.15) is 5.01 Å². The summed E-state index contributed by atoms with van der Waals surface area (Å²) in [6, 6.07) is 6.75. The number of fused-ring (bicyclic) bond motifs is 2. The van der Waals surface area contributed by atoms with Crippen molar-refractivity contribution < 1.29 is 9.47 Å². The Morgan fingerprint density at radius 2 is 2.18 bits per heavy atom. The van der Waals surface area contributed by atoms with Crippen LogP contribution in [0.1, 0.15) is 25.0 Å². The van der Waals surface area contributed by atoms with E-state index in [4.69, 9.17) is 14.5 Å². The van der Waals surface area contributed by atoms with Crippen LogP contribution in [0.3, 0.4) is 0 Å². The second-order valence-corrected chi connectivity index (χ2v) is 7.29. The number of nitrogens with zero attached hydrogens (tertiary/aromatic N) is 1. The van der Waals surface area contributed by atoms with E-state index in [0.717, 1.165) is 52.2 Å². The maximum atomic E-state index is 5.44. The average Bonchev–Trinajstić information content (AvgIpc) is 2.96. The Morgan fingerprint density at radius 3 is 3.05 bits per heavy atom. The van der Waals surface area contributed by atoms with E-state index in [-0.39, 0.29) is 0 Å². The number of ether oxygens (including phenoxy) is 2. The largest absolute Gasteiger partial charge is 0.454 e. The summed E-state index contributed by atoms with van der Waals surface area (Å²) < 4.78 is 10.8. The molecule has 0 saturated heterocycles. The van der Waals surface area contributed by atoms with Crippen molar-refractivity contribution in [3.05, 3.63) is 29.3 Å². The second kappa shape index (κ2) is 4.96. The molecule has 1 N–H and O–H groups in total. The predicted octanol–water partition coefficient (Wildman–Crippen LogP) is 3.43. The van der Waals surface area contributed by atoms with Gasteiger partial charge in [0.05, 0.1) is 5.69 Å². The van der Waals surface area contributed by atoms with Gasteiger partial charge in [0.15, 0.2) is 11.5 Å². The number of aromatic nitrogens is 1. The zero-order valence-corrected chi connectivity index (χ0v) is 13.1. The number of nitrogens with one attached hydrogen (secondary N) is 1. The average molecular weight is 314 g/mol. The minimum Gasteiger partial charge on any atom is -0.454 e. The fraction of sp³-hybridized carbons (Fsp3) is 0.471. The van der Waals surface area contributed by atoms with Crippen molar-refractivity contribution >= 4 is 11.3 Å². The van der Waals surface area contributed by atoms with E-state index in [9.17, 15) is 0 Å². The molecule has 0 spiro atoms. The molecule has 22 heavy (non-hydrogen) atoms. The van der Waals surface area contributed by atoms with Gasteiger partial charge in [0.25, 0.3) is 0 Å². The minimum absolute atomic E-state index is 0.315. The minimum atomic E-state index is 0.315. The van der Waals surface area contributed by atoms with Gasteiger partial charge in [-0.25, -0.2) is 4.98 Å². The summed E-state index contributed by atoms with van der Waals surface area (Å²) in [5.74, 6) is 3.62. The standard InChI is InChI=1S/C17H18N2O2S/c1-3-14(13-5-10(1)13)18-7-12-8-22-17(19-12)11-2-4-15-16(6-11)21-9-20-15/h2,4,6,8,10,13-14,18H,1,3,5,7,9H2. The van der Waals surface area contributed by atoms with Crippen molar-refractivity contribution in [3.63, 3.8) is 0 Å². The van der Waals surface area contributed by atoms with Crippen molar-refractivity contribution in [1.29, 1.82) is 0 Å². The summed E-state index contributed by atoms with van der Waals surface area (Å²) in [4.78, 5) is 4.77. The maximum absolute atomic E-state index is 5.44. The predicted molar refractivity (Wildman–Crippen MR) is 85.1 cm³/mol. The van der Waals surface area contributed by atoms with E-state index >= 15 is 0 Å². The third-order valence-corrected chi connectivity index (χ3v) is 6.00. The van der Waals surface area contributed by atoms with Crippen LogP contribution in [-0.2, 0) is 6.54 Å². The maximum Gasteiger partial charge on any atom is 0.231 e. The second-order valence-electron chi connectivity index (χ2n) is 6.44. The van der Waals surface area contributed by atoms with E-state index in [0.29, 0.717) is 6.79 Å². The molecule has 1 aliphatic heterocycles. The number of thiazole rings is 1. The first-order valence-electron chi connectivity index (χ1n) is 7.94. The van der Waals surface area contributed by atoms with Crippen molar-refractivity contribution in [2.75, 3.05) is 6.79 Å². The quantitative estimate of drug-likeness (QED) is 0.939. The van der Waals surface area contributed by atoms with Gasteiger partial charge in [-0.3, -0.25) is 0 Å². The topological polar surface area (TPSA) is 43.4 Å². The zero-order valence-electron chi connectivity index (χ0n) is 12.2. The molecule has 1 aromatic heterocycles. The van der Waals surface area contributed by atoms with Gasteiger partial charge in [0, 0.05) is 23.5 Å². The Hall–Kier alpha value is -1.59. The SMILES string of the molecule is c1cc2c(cc1-c1nc(CNC3CCC4CC43)cs1)OCO2. The lowest BCUT2D eigenvalue weighted by Gasteiger charge is -2.12. The Bertz CT molecular complexity index is 714. The summed E-state index contributed by atoms with van der Waals surface area (Å²) in [6.45, 7) is 1.20.